The molecule has 0 saturated carbocycles. The van der Waals surface area contributed by atoms with Crippen molar-refractivity contribution in [2.24, 2.45) is 5.92 Å². The highest BCUT2D eigenvalue weighted by Crippen LogP contribution is 2.32. The average molecular weight is 316 g/mol. The summed E-state index contributed by atoms with van der Waals surface area (Å²) in [6, 6.07) is 6.36. The van der Waals surface area contributed by atoms with Crippen molar-refractivity contribution in [1.29, 1.82) is 0 Å². The molecule has 1 aliphatic heterocycles. The Kier molecular flexibility index (Phi) is 5.80. The molecule has 0 aliphatic carbocycles. The minimum Gasteiger partial charge on any atom is -0.353 e. The molecular weight excluding hydrogens is 288 g/mol. The summed E-state index contributed by atoms with van der Waals surface area (Å²) in [6.45, 7) is 8.74. The normalized spacial score (nSPS) is 19.0. The van der Waals surface area contributed by atoms with Crippen molar-refractivity contribution in [3.05, 3.63) is 29.3 Å². The molecule has 1 aromatic carbocycles. The summed E-state index contributed by atoms with van der Waals surface area (Å²) < 4.78 is 0. The van der Waals surface area contributed by atoms with Crippen LogP contribution in [0.5, 0.6) is 0 Å². The summed E-state index contributed by atoms with van der Waals surface area (Å²) in [5.74, 6) is -0.182. The molecule has 0 spiro atoms. The van der Waals surface area contributed by atoms with Crippen LogP contribution in [0.15, 0.2) is 18.2 Å². The van der Waals surface area contributed by atoms with Gasteiger partial charge >= 0.3 is 0 Å². The number of anilines is 1. The zero-order valence-electron chi connectivity index (χ0n) is 14.7. The van der Waals surface area contributed by atoms with Gasteiger partial charge in [0.15, 0.2) is 0 Å². The van der Waals surface area contributed by atoms with E-state index in [1.807, 2.05) is 18.7 Å². The SMILES string of the molecule is CCc1cccc(CC)c1N1CC(C(=O)NC(C)CC)CC1=O. The van der Waals surface area contributed by atoms with Crippen molar-refractivity contribution in [2.45, 2.75) is 59.4 Å². The monoisotopic (exact) mass is 316 g/mol. The van der Waals surface area contributed by atoms with Gasteiger partial charge < -0.3 is 10.2 Å². The fraction of sp³-hybridized carbons (Fsp3) is 0.579. The molecule has 4 heteroatoms. The molecule has 126 valence electrons. The fourth-order valence-corrected chi connectivity index (χ4v) is 3.12. The molecule has 0 aromatic heterocycles. The van der Waals surface area contributed by atoms with Gasteiger partial charge in [0.05, 0.1) is 5.92 Å². The Morgan fingerprint density at radius 1 is 1.26 bits per heavy atom. The van der Waals surface area contributed by atoms with Gasteiger partial charge in [0.1, 0.15) is 0 Å². The minimum atomic E-state index is -0.244. The first-order valence-corrected chi connectivity index (χ1v) is 8.73. The Bertz CT molecular complexity index is 560. The molecule has 1 aromatic rings. The Labute approximate surface area is 139 Å². The maximum absolute atomic E-state index is 12.5. The van der Waals surface area contributed by atoms with Crippen molar-refractivity contribution in [1.82, 2.24) is 5.32 Å². The van der Waals surface area contributed by atoms with Crippen LogP contribution in [0, 0.1) is 5.92 Å². The van der Waals surface area contributed by atoms with E-state index in [9.17, 15) is 9.59 Å². The molecule has 1 heterocycles. The first kappa shape index (κ1) is 17.5. The summed E-state index contributed by atoms with van der Waals surface area (Å²) in [7, 11) is 0. The molecule has 0 bridgehead atoms. The van der Waals surface area contributed by atoms with Crippen LogP contribution in [0.3, 0.4) is 0 Å². The molecule has 1 N–H and O–H groups in total. The number of nitrogens with zero attached hydrogens (tertiary/aromatic N) is 1. The maximum Gasteiger partial charge on any atom is 0.227 e. The van der Waals surface area contributed by atoms with Crippen LogP contribution in [0.4, 0.5) is 5.69 Å². The third-order valence-electron chi connectivity index (χ3n) is 4.73. The molecule has 23 heavy (non-hydrogen) atoms. The first-order chi connectivity index (χ1) is 11.0. The molecule has 4 nitrogen and oxygen atoms in total. The zero-order valence-corrected chi connectivity index (χ0v) is 14.7. The summed E-state index contributed by atoms with van der Waals surface area (Å²) in [5.41, 5.74) is 3.39. The molecule has 1 fully saturated rings. The topological polar surface area (TPSA) is 49.4 Å². The lowest BCUT2D eigenvalue weighted by Gasteiger charge is -2.23. The minimum absolute atomic E-state index is 0.00206. The second-order valence-corrected chi connectivity index (χ2v) is 6.36. The van der Waals surface area contributed by atoms with Gasteiger partial charge in [-0.15, -0.1) is 0 Å². The van der Waals surface area contributed by atoms with Gasteiger partial charge in [-0.25, -0.2) is 0 Å². The molecule has 0 radical (unpaired) electrons. The van der Waals surface area contributed by atoms with Gasteiger partial charge in [0, 0.05) is 24.7 Å². The largest absolute Gasteiger partial charge is 0.353 e. The third kappa shape index (κ3) is 3.74. The zero-order chi connectivity index (χ0) is 17.0. The Morgan fingerprint density at radius 2 is 1.87 bits per heavy atom. The van der Waals surface area contributed by atoms with Gasteiger partial charge in [-0.3, -0.25) is 9.59 Å². The second-order valence-electron chi connectivity index (χ2n) is 6.36. The van der Waals surface area contributed by atoms with E-state index in [2.05, 4.69) is 37.4 Å². The van der Waals surface area contributed by atoms with E-state index in [1.165, 1.54) is 11.1 Å². The number of benzene rings is 1. The lowest BCUT2D eigenvalue weighted by Crippen LogP contribution is -2.38. The van der Waals surface area contributed by atoms with E-state index < -0.39 is 0 Å². The second kappa shape index (κ2) is 7.62. The number of carbonyl (C=O) groups is 2. The number of hydrogen-bond acceptors (Lipinski definition) is 2. The van der Waals surface area contributed by atoms with E-state index in [1.54, 1.807) is 0 Å². The molecule has 2 unspecified atom stereocenters. The standard InChI is InChI=1S/C19H28N2O2/c1-5-13(4)20-19(23)16-11-17(22)21(12-16)18-14(6-2)9-8-10-15(18)7-3/h8-10,13,16H,5-7,11-12H2,1-4H3,(H,20,23). The van der Waals surface area contributed by atoms with Crippen LogP contribution in [0.25, 0.3) is 0 Å². The maximum atomic E-state index is 12.5. The van der Waals surface area contributed by atoms with Crippen LogP contribution in [0.1, 0.15) is 51.7 Å². The van der Waals surface area contributed by atoms with Crippen LogP contribution in [0.2, 0.25) is 0 Å². The number of para-hydroxylation sites is 1. The van der Waals surface area contributed by atoms with Crippen molar-refractivity contribution < 1.29 is 9.59 Å². The Morgan fingerprint density at radius 3 is 2.39 bits per heavy atom. The van der Waals surface area contributed by atoms with E-state index in [0.29, 0.717) is 13.0 Å². The Balaban J connectivity index is 2.23. The van der Waals surface area contributed by atoms with Crippen LogP contribution in [-0.4, -0.2) is 24.4 Å². The summed E-state index contributed by atoms with van der Waals surface area (Å²) in [4.78, 5) is 26.7. The van der Waals surface area contributed by atoms with Gasteiger partial charge in [0.25, 0.3) is 0 Å². The number of hydrogen-bond donors (Lipinski definition) is 1. The highest BCUT2D eigenvalue weighted by Gasteiger charge is 2.36. The van der Waals surface area contributed by atoms with Crippen LogP contribution in [-0.2, 0) is 22.4 Å². The van der Waals surface area contributed by atoms with Crippen molar-refractivity contribution in [3.63, 3.8) is 0 Å². The molecule has 2 atom stereocenters. The molecule has 1 aliphatic rings. The third-order valence-corrected chi connectivity index (χ3v) is 4.73. The van der Waals surface area contributed by atoms with Gasteiger partial charge in [-0.2, -0.15) is 0 Å². The smallest absolute Gasteiger partial charge is 0.227 e. The molecule has 1 saturated heterocycles. The van der Waals surface area contributed by atoms with Crippen molar-refractivity contribution in [3.8, 4) is 0 Å². The summed E-state index contributed by atoms with van der Waals surface area (Å²) in [5, 5.41) is 3.00. The fourth-order valence-electron chi connectivity index (χ4n) is 3.12. The number of carbonyl (C=O) groups excluding carboxylic acids is 2. The summed E-state index contributed by atoms with van der Waals surface area (Å²) in [6.07, 6.45) is 2.98. The lowest BCUT2D eigenvalue weighted by molar-refractivity contribution is -0.126. The first-order valence-electron chi connectivity index (χ1n) is 8.73. The van der Waals surface area contributed by atoms with E-state index >= 15 is 0 Å². The average Bonchev–Trinajstić information content (AvgIpc) is 2.95. The van der Waals surface area contributed by atoms with Gasteiger partial charge in [0.2, 0.25) is 11.8 Å². The van der Waals surface area contributed by atoms with Crippen LogP contribution >= 0.6 is 0 Å². The lowest BCUT2D eigenvalue weighted by atomic mass is 10.0. The number of amides is 2. The van der Waals surface area contributed by atoms with Crippen LogP contribution < -0.4 is 10.2 Å². The molecular formula is C19H28N2O2. The molecule has 2 rings (SSSR count). The highest BCUT2D eigenvalue weighted by atomic mass is 16.2. The van der Waals surface area contributed by atoms with E-state index in [4.69, 9.17) is 0 Å². The van der Waals surface area contributed by atoms with Crippen molar-refractivity contribution in [2.75, 3.05) is 11.4 Å². The predicted molar refractivity (Wildman–Crippen MR) is 93.6 cm³/mol. The number of nitrogens with one attached hydrogen (secondary N) is 1. The molecule has 2 amide bonds. The highest BCUT2D eigenvalue weighted by molar-refractivity contribution is 6.01. The quantitative estimate of drug-likeness (QED) is 0.877. The van der Waals surface area contributed by atoms with E-state index in [0.717, 1.165) is 24.9 Å². The van der Waals surface area contributed by atoms with E-state index in [-0.39, 0.29) is 23.8 Å². The van der Waals surface area contributed by atoms with Gasteiger partial charge in [-0.1, -0.05) is 39.0 Å². The Hall–Kier alpha value is -1.84. The summed E-state index contributed by atoms with van der Waals surface area (Å²) >= 11 is 0. The van der Waals surface area contributed by atoms with Crippen molar-refractivity contribution >= 4 is 17.5 Å². The van der Waals surface area contributed by atoms with Gasteiger partial charge in [-0.05, 0) is 37.3 Å². The number of aryl methyl sites for hydroxylation is 2. The number of rotatable bonds is 6. The predicted octanol–water partition coefficient (Wildman–Crippen LogP) is 3.08.